The Morgan fingerprint density at radius 3 is 2.53 bits per heavy atom. The van der Waals surface area contributed by atoms with Crippen molar-refractivity contribution in [2.45, 2.75) is 41.5 Å². The molecule has 9 heteroatoms. The van der Waals surface area contributed by atoms with Gasteiger partial charge in [0.2, 0.25) is 0 Å². The molecule has 0 bridgehead atoms. The second-order valence-electron chi connectivity index (χ2n) is 9.44. The van der Waals surface area contributed by atoms with Gasteiger partial charge in [-0.2, -0.15) is 0 Å². The van der Waals surface area contributed by atoms with Crippen LogP contribution >= 0.6 is 0 Å². The number of nitrogens with one attached hydrogen (secondary N) is 1. The summed E-state index contributed by atoms with van der Waals surface area (Å²) in [6.45, 7) is 1.16. The van der Waals surface area contributed by atoms with Crippen LogP contribution in [0.5, 0.6) is 0 Å². The van der Waals surface area contributed by atoms with Crippen molar-refractivity contribution in [2.75, 3.05) is 38.3 Å². The monoisotopic (exact) mass is 460 g/mol. The number of anilines is 1. The first-order valence-corrected chi connectivity index (χ1v) is 12.6. The summed E-state index contributed by atoms with van der Waals surface area (Å²) in [6.07, 6.45) is 6.98. The highest BCUT2D eigenvalue weighted by Crippen LogP contribution is 2.46. The molecule has 1 aromatic heterocycles. The van der Waals surface area contributed by atoms with Crippen molar-refractivity contribution in [3.05, 3.63) is 54.1 Å². The molecule has 2 fully saturated rings. The van der Waals surface area contributed by atoms with Gasteiger partial charge in [0.15, 0.2) is 9.84 Å². The maximum atomic E-state index is 14.0. The summed E-state index contributed by atoms with van der Waals surface area (Å²) in [5.74, 6) is -0.244. The Morgan fingerprint density at radius 1 is 1.19 bits per heavy atom. The van der Waals surface area contributed by atoms with E-state index in [0.717, 1.165) is 31.2 Å². The molecule has 1 spiro atoms. The number of benzene rings is 1. The van der Waals surface area contributed by atoms with E-state index in [-0.39, 0.29) is 22.2 Å². The standard InChI is InChI=1S/C23H29FN4O3S/c1-27(2)15-22(17-5-4-6-18(24)13-17)8-10-23(11-9-22)16-28(21(29)26-23)19-14-25-12-7-20(19)32(3,30)31/h4-7,12-14H,8-11,15-16H2,1-3H3,(H,26,29)/t22-,23-. The lowest BCUT2D eigenvalue weighted by Gasteiger charge is -2.46. The lowest BCUT2D eigenvalue weighted by atomic mass is 9.64. The molecular formula is C23H29FN4O3S. The van der Waals surface area contributed by atoms with Gasteiger partial charge in [-0.1, -0.05) is 12.1 Å². The van der Waals surface area contributed by atoms with E-state index in [1.54, 1.807) is 12.1 Å². The van der Waals surface area contributed by atoms with E-state index >= 15 is 0 Å². The number of aromatic nitrogens is 1. The number of likely N-dealkylation sites (N-methyl/N-ethyl adjacent to an activating group) is 1. The number of carbonyl (C=O) groups is 1. The maximum Gasteiger partial charge on any atom is 0.322 e. The van der Waals surface area contributed by atoms with Crippen molar-refractivity contribution in [1.29, 1.82) is 0 Å². The van der Waals surface area contributed by atoms with Crippen molar-refractivity contribution < 1.29 is 17.6 Å². The van der Waals surface area contributed by atoms with Gasteiger partial charge in [0.1, 0.15) is 5.82 Å². The van der Waals surface area contributed by atoms with Crippen LogP contribution in [0.4, 0.5) is 14.9 Å². The molecule has 2 aliphatic rings. The van der Waals surface area contributed by atoms with Crippen LogP contribution in [0.1, 0.15) is 31.2 Å². The summed E-state index contributed by atoms with van der Waals surface area (Å²) in [6, 6.07) is 7.93. The number of rotatable bonds is 5. The Morgan fingerprint density at radius 2 is 1.91 bits per heavy atom. The number of carbonyl (C=O) groups excluding carboxylic acids is 1. The number of sulfone groups is 1. The van der Waals surface area contributed by atoms with Gasteiger partial charge in [0.05, 0.1) is 28.9 Å². The number of hydrogen-bond donors (Lipinski definition) is 1. The lowest BCUT2D eigenvalue weighted by molar-refractivity contribution is 0.156. The molecule has 1 saturated heterocycles. The van der Waals surface area contributed by atoms with E-state index in [1.807, 2.05) is 20.2 Å². The van der Waals surface area contributed by atoms with Crippen LogP contribution in [0.15, 0.2) is 47.6 Å². The predicted octanol–water partition coefficient (Wildman–Crippen LogP) is 2.97. The van der Waals surface area contributed by atoms with Crippen LogP contribution in [0.3, 0.4) is 0 Å². The second kappa shape index (κ2) is 8.12. The number of pyridine rings is 1. The molecule has 172 valence electrons. The smallest absolute Gasteiger partial charge is 0.322 e. The van der Waals surface area contributed by atoms with Crippen LogP contribution in [0, 0.1) is 5.82 Å². The zero-order valence-electron chi connectivity index (χ0n) is 18.6. The molecule has 1 N–H and O–H groups in total. The minimum absolute atomic E-state index is 0.0947. The average Bonchev–Trinajstić information content (AvgIpc) is 3.05. The van der Waals surface area contributed by atoms with E-state index in [9.17, 15) is 17.6 Å². The van der Waals surface area contributed by atoms with E-state index in [0.29, 0.717) is 25.1 Å². The molecule has 4 rings (SSSR count). The SMILES string of the molecule is CN(C)C[C@]1(c2cccc(F)c2)CC[C@]2(CC1)CN(c1cnccc1S(C)(=O)=O)C(=O)N2. The first-order chi connectivity index (χ1) is 15.0. The first kappa shape index (κ1) is 22.7. The number of nitrogens with zero attached hydrogens (tertiary/aromatic N) is 3. The largest absolute Gasteiger partial charge is 0.330 e. The lowest BCUT2D eigenvalue weighted by Crippen LogP contribution is -2.52. The molecule has 2 amide bonds. The van der Waals surface area contributed by atoms with Crippen LogP contribution < -0.4 is 10.2 Å². The Hall–Kier alpha value is -2.52. The number of urea groups is 1. The Kier molecular flexibility index (Phi) is 5.75. The Balaban J connectivity index is 1.60. The molecule has 1 aliphatic carbocycles. The number of amides is 2. The fraction of sp³-hybridized carbons (Fsp3) is 0.478. The number of hydrogen-bond acceptors (Lipinski definition) is 5. The molecule has 2 heterocycles. The van der Waals surface area contributed by atoms with E-state index in [1.165, 1.54) is 29.4 Å². The average molecular weight is 461 g/mol. The van der Waals surface area contributed by atoms with Gasteiger partial charge in [0, 0.05) is 24.4 Å². The molecule has 1 saturated carbocycles. The molecule has 2 aromatic rings. The molecule has 32 heavy (non-hydrogen) atoms. The minimum atomic E-state index is -3.51. The van der Waals surface area contributed by atoms with Crippen molar-refractivity contribution in [1.82, 2.24) is 15.2 Å². The van der Waals surface area contributed by atoms with Crippen molar-refractivity contribution >= 4 is 21.6 Å². The van der Waals surface area contributed by atoms with E-state index in [4.69, 9.17) is 0 Å². The summed E-state index contributed by atoms with van der Waals surface area (Å²) in [5, 5.41) is 3.13. The summed E-state index contributed by atoms with van der Waals surface area (Å²) >= 11 is 0. The third-order valence-corrected chi connectivity index (χ3v) is 7.89. The zero-order valence-corrected chi connectivity index (χ0v) is 19.5. The van der Waals surface area contributed by atoms with E-state index in [2.05, 4.69) is 15.2 Å². The summed E-state index contributed by atoms with van der Waals surface area (Å²) < 4.78 is 38.5. The molecular weight excluding hydrogens is 431 g/mol. The Labute approximate surface area is 188 Å². The highest BCUT2D eigenvalue weighted by atomic mass is 32.2. The summed E-state index contributed by atoms with van der Waals surface area (Å²) in [7, 11) is 0.516. The van der Waals surface area contributed by atoms with Crippen LogP contribution in [0.25, 0.3) is 0 Å². The van der Waals surface area contributed by atoms with Crippen LogP contribution in [-0.4, -0.2) is 63.3 Å². The molecule has 1 aliphatic heterocycles. The fourth-order valence-electron chi connectivity index (χ4n) is 5.24. The summed E-state index contributed by atoms with van der Waals surface area (Å²) in [4.78, 5) is 20.7. The van der Waals surface area contributed by atoms with Crippen molar-refractivity contribution in [2.24, 2.45) is 0 Å². The van der Waals surface area contributed by atoms with E-state index < -0.39 is 15.4 Å². The van der Waals surface area contributed by atoms with Gasteiger partial charge in [0.25, 0.3) is 0 Å². The fourth-order valence-corrected chi connectivity index (χ4v) is 6.10. The predicted molar refractivity (Wildman–Crippen MR) is 121 cm³/mol. The summed E-state index contributed by atoms with van der Waals surface area (Å²) in [5.41, 5.74) is 0.625. The van der Waals surface area contributed by atoms with Gasteiger partial charge >= 0.3 is 6.03 Å². The topological polar surface area (TPSA) is 82.6 Å². The van der Waals surface area contributed by atoms with Gasteiger partial charge in [-0.3, -0.25) is 9.88 Å². The molecule has 0 unspecified atom stereocenters. The highest BCUT2D eigenvalue weighted by molar-refractivity contribution is 7.90. The number of halogens is 1. The van der Waals surface area contributed by atoms with Crippen molar-refractivity contribution in [3.63, 3.8) is 0 Å². The second-order valence-corrected chi connectivity index (χ2v) is 11.4. The third-order valence-electron chi connectivity index (χ3n) is 6.75. The molecule has 1 aromatic carbocycles. The maximum absolute atomic E-state index is 14.0. The minimum Gasteiger partial charge on any atom is -0.330 e. The Bertz CT molecular complexity index is 1130. The third kappa shape index (κ3) is 4.23. The van der Waals surface area contributed by atoms with Crippen molar-refractivity contribution in [3.8, 4) is 0 Å². The molecule has 0 atom stereocenters. The van der Waals surface area contributed by atoms with Crippen LogP contribution in [-0.2, 0) is 15.3 Å². The zero-order chi connectivity index (χ0) is 23.1. The molecule has 7 nitrogen and oxygen atoms in total. The first-order valence-electron chi connectivity index (χ1n) is 10.7. The van der Waals surface area contributed by atoms with Gasteiger partial charge in [-0.25, -0.2) is 17.6 Å². The quantitative estimate of drug-likeness (QED) is 0.742. The van der Waals surface area contributed by atoms with Gasteiger partial charge in [-0.05, 0) is 63.5 Å². The normalized spacial score (nSPS) is 26.0. The molecule has 0 radical (unpaired) electrons. The van der Waals surface area contributed by atoms with Crippen LogP contribution in [0.2, 0.25) is 0 Å². The van der Waals surface area contributed by atoms with Gasteiger partial charge < -0.3 is 10.2 Å². The highest BCUT2D eigenvalue weighted by Gasteiger charge is 2.50. The van der Waals surface area contributed by atoms with Gasteiger partial charge in [-0.15, -0.1) is 0 Å².